The predicted octanol–water partition coefficient (Wildman–Crippen LogP) is 4.10. The monoisotopic (exact) mass is 347 g/mol. The van der Waals surface area contributed by atoms with Gasteiger partial charge in [0.1, 0.15) is 5.76 Å². The number of oxazole rings is 1. The topological polar surface area (TPSA) is 59.2 Å². The molecule has 2 aromatic heterocycles. The van der Waals surface area contributed by atoms with Gasteiger partial charge in [-0.1, -0.05) is 30.3 Å². The summed E-state index contributed by atoms with van der Waals surface area (Å²) in [5, 5.41) is 0. The van der Waals surface area contributed by atoms with Crippen LogP contribution in [0, 0.1) is 6.92 Å². The molecule has 3 aromatic rings. The summed E-state index contributed by atoms with van der Waals surface area (Å²) in [6.45, 7) is 2.27. The van der Waals surface area contributed by atoms with Crippen LogP contribution in [0.15, 0.2) is 59.6 Å². The lowest BCUT2D eigenvalue weighted by Gasteiger charge is -2.35. The molecule has 5 heteroatoms. The van der Waals surface area contributed by atoms with Gasteiger partial charge in [0.2, 0.25) is 0 Å². The first-order valence-corrected chi connectivity index (χ1v) is 8.92. The van der Waals surface area contributed by atoms with Crippen LogP contribution in [-0.2, 0) is 13.0 Å². The number of carbonyl (C=O) groups excluding carboxylic acids is 1. The molecule has 132 valence electrons. The Hall–Kier alpha value is -2.95. The second-order valence-corrected chi connectivity index (χ2v) is 6.66. The third-order valence-corrected chi connectivity index (χ3v) is 5.00. The average Bonchev–Trinajstić information content (AvgIpc) is 3.12. The van der Waals surface area contributed by atoms with Crippen molar-refractivity contribution in [2.75, 3.05) is 0 Å². The Morgan fingerprint density at radius 2 is 2.15 bits per heavy atom. The van der Waals surface area contributed by atoms with Crippen LogP contribution in [-0.4, -0.2) is 20.8 Å². The van der Waals surface area contributed by atoms with E-state index in [0.29, 0.717) is 18.0 Å². The van der Waals surface area contributed by atoms with E-state index in [1.807, 2.05) is 29.3 Å². The zero-order valence-corrected chi connectivity index (χ0v) is 14.8. The Bertz CT molecular complexity index is 904. The van der Waals surface area contributed by atoms with Gasteiger partial charge in [-0.3, -0.25) is 9.78 Å². The van der Waals surface area contributed by atoms with Crippen LogP contribution >= 0.6 is 0 Å². The molecule has 1 aliphatic carbocycles. The van der Waals surface area contributed by atoms with E-state index >= 15 is 0 Å². The number of nitrogens with zero attached hydrogens (tertiary/aromatic N) is 3. The van der Waals surface area contributed by atoms with Crippen LogP contribution in [0.1, 0.15) is 51.8 Å². The number of pyridine rings is 1. The summed E-state index contributed by atoms with van der Waals surface area (Å²) >= 11 is 0. The van der Waals surface area contributed by atoms with Gasteiger partial charge >= 0.3 is 0 Å². The molecule has 5 nitrogen and oxygen atoms in total. The number of fused-ring (bicyclic) bond motifs is 1. The molecule has 1 aliphatic rings. The van der Waals surface area contributed by atoms with Crippen molar-refractivity contribution < 1.29 is 9.21 Å². The Kier molecular flexibility index (Phi) is 4.52. The second kappa shape index (κ2) is 7.12. The van der Waals surface area contributed by atoms with E-state index in [0.717, 1.165) is 24.8 Å². The largest absolute Gasteiger partial charge is 0.448 e. The summed E-state index contributed by atoms with van der Waals surface area (Å²) < 4.78 is 5.27. The normalized spacial score (nSPS) is 16.1. The highest BCUT2D eigenvalue weighted by atomic mass is 16.3. The number of amides is 1. The Labute approximate surface area is 152 Å². The molecule has 0 fully saturated rings. The summed E-state index contributed by atoms with van der Waals surface area (Å²) in [4.78, 5) is 23.6. The van der Waals surface area contributed by atoms with Crippen LogP contribution in [0.4, 0.5) is 0 Å². The minimum Gasteiger partial charge on any atom is -0.448 e. The molecule has 0 saturated carbocycles. The van der Waals surface area contributed by atoms with Gasteiger partial charge in [0.25, 0.3) is 5.91 Å². The maximum atomic E-state index is 13.3. The van der Waals surface area contributed by atoms with E-state index in [-0.39, 0.29) is 11.9 Å². The summed E-state index contributed by atoms with van der Waals surface area (Å²) in [6, 6.07) is 12.3. The maximum absolute atomic E-state index is 13.3. The molecule has 0 radical (unpaired) electrons. The summed E-state index contributed by atoms with van der Waals surface area (Å²) in [5.41, 5.74) is 3.95. The first-order chi connectivity index (χ1) is 12.7. The third kappa shape index (κ3) is 3.12. The van der Waals surface area contributed by atoms with E-state index in [2.05, 4.69) is 28.2 Å². The Morgan fingerprint density at radius 1 is 1.27 bits per heavy atom. The molecule has 1 amide bonds. The standard InChI is InChI=1S/C21H21N3O2/c1-15-20(23-14-26-15)21(25)24(13-16-6-5-11-22-12-16)19-10-4-8-17-7-2-3-9-18(17)19/h2-3,5-7,9,11-12,14,19H,4,8,10,13H2,1H3/t19-/m0/s1. The Morgan fingerprint density at radius 3 is 2.92 bits per heavy atom. The fraction of sp³-hybridized carbons (Fsp3) is 0.286. The van der Waals surface area contributed by atoms with Crippen molar-refractivity contribution in [1.29, 1.82) is 0 Å². The molecule has 1 atom stereocenters. The smallest absolute Gasteiger partial charge is 0.276 e. The van der Waals surface area contributed by atoms with Gasteiger partial charge in [-0.25, -0.2) is 4.98 Å². The number of carbonyl (C=O) groups is 1. The average molecular weight is 347 g/mol. The van der Waals surface area contributed by atoms with Gasteiger partial charge in [0, 0.05) is 18.9 Å². The summed E-state index contributed by atoms with van der Waals surface area (Å²) in [6.07, 6.45) is 7.96. The minimum absolute atomic E-state index is 0.0313. The van der Waals surface area contributed by atoms with E-state index in [1.54, 1.807) is 13.1 Å². The molecule has 26 heavy (non-hydrogen) atoms. The fourth-order valence-electron chi connectivity index (χ4n) is 3.71. The van der Waals surface area contributed by atoms with Crippen molar-refractivity contribution in [3.8, 4) is 0 Å². The third-order valence-electron chi connectivity index (χ3n) is 5.00. The van der Waals surface area contributed by atoms with E-state index in [9.17, 15) is 4.79 Å². The molecular weight excluding hydrogens is 326 g/mol. The minimum atomic E-state index is -0.0955. The first kappa shape index (κ1) is 16.5. The molecule has 0 bridgehead atoms. The molecule has 4 rings (SSSR count). The highest BCUT2D eigenvalue weighted by molar-refractivity contribution is 5.93. The fourth-order valence-corrected chi connectivity index (χ4v) is 3.71. The SMILES string of the molecule is Cc1ocnc1C(=O)N(Cc1cccnc1)[C@H]1CCCc2ccccc21. The highest BCUT2D eigenvalue weighted by Gasteiger charge is 2.31. The van der Waals surface area contributed by atoms with E-state index in [1.165, 1.54) is 17.5 Å². The van der Waals surface area contributed by atoms with Crippen molar-refractivity contribution in [3.05, 3.63) is 83.3 Å². The van der Waals surface area contributed by atoms with Gasteiger partial charge in [-0.2, -0.15) is 0 Å². The summed E-state index contributed by atoms with van der Waals surface area (Å²) in [5.74, 6) is 0.456. The van der Waals surface area contributed by atoms with Crippen LogP contribution < -0.4 is 0 Å². The van der Waals surface area contributed by atoms with Crippen molar-refractivity contribution in [2.45, 2.75) is 38.8 Å². The van der Waals surface area contributed by atoms with Crippen LogP contribution in [0.25, 0.3) is 0 Å². The molecule has 2 heterocycles. The highest BCUT2D eigenvalue weighted by Crippen LogP contribution is 2.36. The zero-order chi connectivity index (χ0) is 17.9. The van der Waals surface area contributed by atoms with Crippen molar-refractivity contribution in [1.82, 2.24) is 14.9 Å². The van der Waals surface area contributed by atoms with Crippen molar-refractivity contribution in [3.63, 3.8) is 0 Å². The van der Waals surface area contributed by atoms with Crippen molar-refractivity contribution in [2.24, 2.45) is 0 Å². The van der Waals surface area contributed by atoms with Gasteiger partial charge in [0.05, 0.1) is 6.04 Å². The lowest BCUT2D eigenvalue weighted by molar-refractivity contribution is 0.0630. The lowest BCUT2D eigenvalue weighted by atomic mass is 9.86. The number of benzene rings is 1. The molecule has 0 aliphatic heterocycles. The lowest BCUT2D eigenvalue weighted by Crippen LogP contribution is -2.36. The van der Waals surface area contributed by atoms with Crippen LogP contribution in [0.2, 0.25) is 0 Å². The van der Waals surface area contributed by atoms with E-state index in [4.69, 9.17) is 4.42 Å². The number of rotatable bonds is 4. The van der Waals surface area contributed by atoms with Gasteiger partial charge in [-0.05, 0) is 48.9 Å². The molecule has 0 unspecified atom stereocenters. The number of aromatic nitrogens is 2. The van der Waals surface area contributed by atoms with Gasteiger partial charge in [0.15, 0.2) is 12.1 Å². The predicted molar refractivity (Wildman–Crippen MR) is 97.5 cm³/mol. The number of hydrogen-bond acceptors (Lipinski definition) is 4. The van der Waals surface area contributed by atoms with Gasteiger partial charge < -0.3 is 9.32 Å². The first-order valence-electron chi connectivity index (χ1n) is 8.92. The zero-order valence-electron chi connectivity index (χ0n) is 14.8. The summed E-state index contributed by atoms with van der Waals surface area (Å²) in [7, 11) is 0. The number of aryl methyl sites for hydroxylation is 2. The van der Waals surface area contributed by atoms with Crippen LogP contribution in [0.5, 0.6) is 0 Å². The maximum Gasteiger partial charge on any atom is 0.276 e. The van der Waals surface area contributed by atoms with Crippen LogP contribution in [0.3, 0.4) is 0 Å². The second-order valence-electron chi connectivity index (χ2n) is 6.66. The van der Waals surface area contributed by atoms with E-state index < -0.39 is 0 Å². The molecule has 1 aromatic carbocycles. The molecule has 0 N–H and O–H groups in total. The Balaban J connectivity index is 1.74. The molecule has 0 saturated heterocycles. The van der Waals surface area contributed by atoms with Crippen molar-refractivity contribution >= 4 is 5.91 Å². The quantitative estimate of drug-likeness (QED) is 0.713. The molecular formula is C21H21N3O2. The van der Waals surface area contributed by atoms with Gasteiger partial charge in [-0.15, -0.1) is 0 Å². The molecule has 0 spiro atoms. The number of hydrogen-bond donors (Lipinski definition) is 0.